The zero-order valence-electron chi connectivity index (χ0n) is 11.9. The Morgan fingerprint density at radius 3 is 2.90 bits per heavy atom. The van der Waals surface area contributed by atoms with Crippen LogP contribution in [0, 0.1) is 6.92 Å². The molecule has 0 aliphatic heterocycles. The number of ether oxygens (including phenoxy) is 1. The molecule has 0 aliphatic rings. The molecule has 0 fully saturated rings. The molecule has 2 aromatic heterocycles. The van der Waals surface area contributed by atoms with Gasteiger partial charge in [0.15, 0.2) is 5.16 Å². The first-order chi connectivity index (χ1) is 10.1. The molecular formula is C13H17N5O2S. The molecule has 0 aliphatic carbocycles. The third-order valence-corrected chi connectivity index (χ3v) is 3.62. The Hall–Kier alpha value is -2.09. The fourth-order valence-electron chi connectivity index (χ4n) is 1.69. The molecule has 0 spiro atoms. The Bertz CT molecular complexity index is 629. The molecule has 7 nitrogen and oxygen atoms in total. The molecule has 0 aromatic carbocycles. The lowest BCUT2D eigenvalue weighted by Crippen LogP contribution is -2.11. The maximum atomic E-state index is 11.6. The van der Waals surface area contributed by atoms with Crippen molar-refractivity contribution in [2.24, 2.45) is 0 Å². The first-order valence-electron chi connectivity index (χ1n) is 6.52. The summed E-state index contributed by atoms with van der Waals surface area (Å²) in [6, 6.07) is 0. The predicted molar refractivity (Wildman–Crippen MR) is 80.1 cm³/mol. The number of hydrogen-bond donors (Lipinski definition) is 1. The van der Waals surface area contributed by atoms with Crippen LogP contribution in [0.15, 0.2) is 23.7 Å². The molecule has 0 bridgehead atoms. The van der Waals surface area contributed by atoms with Crippen LogP contribution in [0.1, 0.15) is 23.1 Å². The fraction of sp³-hybridized carbons (Fsp3) is 0.385. The predicted octanol–water partition coefficient (Wildman–Crippen LogP) is 1.53. The first-order valence-corrected chi connectivity index (χ1v) is 7.50. The first kappa shape index (κ1) is 15.3. The molecule has 21 heavy (non-hydrogen) atoms. The summed E-state index contributed by atoms with van der Waals surface area (Å²) in [4.78, 5) is 24.0. The second-order valence-electron chi connectivity index (χ2n) is 4.19. The number of nitrogen functional groups attached to an aromatic ring is 1. The summed E-state index contributed by atoms with van der Waals surface area (Å²) in [5.74, 6) is 1.40. The van der Waals surface area contributed by atoms with Crippen LogP contribution in [0.3, 0.4) is 0 Å². The van der Waals surface area contributed by atoms with Gasteiger partial charge in [-0.3, -0.25) is 0 Å². The highest BCUT2D eigenvalue weighted by molar-refractivity contribution is 7.99. The van der Waals surface area contributed by atoms with Crippen LogP contribution in [-0.2, 0) is 11.3 Å². The largest absolute Gasteiger partial charge is 0.462 e. The van der Waals surface area contributed by atoms with Gasteiger partial charge >= 0.3 is 5.97 Å². The van der Waals surface area contributed by atoms with E-state index in [2.05, 4.69) is 15.0 Å². The number of anilines is 1. The van der Waals surface area contributed by atoms with Crippen molar-refractivity contribution in [2.45, 2.75) is 25.5 Å². The molecule has 8 heteroatoms. The van der Waals surface area contributed by atoms with Gasteiger partial charge in [-0.25, -0.2) is 19.7 Å². The van der Waals surface area contributed by atoms with Gasteiger partial charge in [-0.15, -0.1) is 0 Å². The van der Waals surface area contributed by atoms with Crippen molar-refractivity contribution in [3.05, 3.63) is 30.0 Å². The van der Waals surface area contributed by atoms with Gasteiger partial charge in [0.25, 0.3) is 0 Å². The van der Waals surface area contributed by atoms with Crippen LogP contribution in [-0.4, -0.2) is 37.8 Å². The number of rotatable bonds is 6. The normalized spacial score (nSPS) is 10.6. The Balaban J connectivity index is 1.94. The molecule has 0 saturated carbocycles. The van der Waals surface area contributed by atoms with E-state index in [0.29, 0.717) is 11.8 Å². The third-order valence-electron chi connectivity index (χ3n) is 2.78. The maximum Gasteiger partial charge on any atom is 0.343 e. The number of esters is 1. The highest BCUT2D eigenvalue weighted by Crippen LogP contribution is 2.17. The molecular weight excluding hydrogens is 290 g/mol. The number of hydrogen-bond acceptors (Lipinski definition) is 7. The van der Waals surface area contributed by atoms with Gasteiger partial charge in [-0.2, -0.15) is 0 Å². The summed E-state index contributed by atoms with van der Waals surface area (Å²) < 4.78 is 6.92. The van der Waals surface area contributed by atoms with Gasteiger partial charge in [0.05, 0.1) is 6.61 Å². The van der Waals surface area contributed by atoms with E-state index in [1.165, 1.54) is 18.0 Å². The molecule has 2 rings (SSSR count). The van der Waals surface area contributed by atoms with Crippen molar-refractivity contribution >= 4 is 23.5 Å². The van der Waals surface area contributed by atoms with E-state index in [4.69, 9.17) is 10.5 Å². The summed E-state index contributed by atoms with van der Waals surface area (Å²) in [6.45, 7) is 4.78. The summed E-state index contributed by atoms with van der Waals surface area (Å²) >= 11 is 1.47. The number of nitrogens with zero attached hydrogens (tertiary/aromatic N) is 4. The standard InChI is InChI=1S/C13H17N5O2S/c1-3-20-12(19)10-8-16-13(17-11(10)14)21-7-6-18-5-4-15-9(18)2/h4-5,8H,3,6-7H2,1-2H3,(H2,14,16,17). The van der Waals surface area contributed by atoms with Crippen molar-refractivity contribution in [2.75, 3.05) is 18.1 Å². The molecule has 2 heterocycles. The lowest BCUT2D eigenvalue weighted by Gasteiger charge is -2.07. The molecule has 112 valence electrons. The molecule has 0 saturated heterocycles. The van der Waals surface area contributed by atoms with Crippen LogP contribution in [0.4, 0.5) is 5.82 Å². The lowest BCUT2D eigenvalue weighted by atomic mass is 10.3. The van der Waals surface area contributed by atoms with Crippen molar-refractivity contribution in [1.29, 1.82) is 0 Å². The van der Waals surface area contributed by atoms with Crippen LogP contribution in [0.25, 0.3) is 0 Å². The molecule has 0 unspecified atom stereocenters. The Morgan fingerprint density at radius 1 is 1.48 bits per heavy atom. The second kappa shape index (κ2) is 7.07. The lowest BCUT2D eigenvalue weighted by molar-refractivity contribution is 0.0526. The molecule has 0 atom stereocenters. The van der Waals surface area contributed by atoms with Crippen LogP contribution in [0.5, 0.6) is 0 Å². The molecule has 2 N–H and O–H groups in total. The number of aromatic nitrogens is 4. The zero-order valence-corrected chi connectivity index (χ0v) is 12.8. The van der Waals surface area contributed by atoms with E-state index in [-0.39, 0.29) is 11.4 Å². The van der Waals surface area contributed by atoms with Crippen molar-refractivity contribution in [3.63, 3.8) is 0 Å². The minimum atomic E-state index is -0.499. The van der Waals surface area contributed by atoms with E-state index >= 15 is 0 Å². The van der Waals surface area contributed by atoms with Gasteiger partial charge in [0.2, 0.25) is 0 Å². The third kappa shape index (κ3) is 3.94. The Labute approximate surface area is 126 Å². The number of imidazole rings is 1. The highest BCUT2D eigenvalue weighted by Gasteiger charge is 2.13. The average Bonchev–Trinajstić information content (AvgIpc) is 2.85. The minimum absolute atomic E-state index is 0.143. The zero-order chi connectivity index (χ0) is 15.2. The quantitative estimate of drug-likeness (QED) is 0.491. The molecule has 0 amide bonds. The van der Waals surface area contributed by atoms with E-state index < -0.39 is 5.97 Å². The topological polar surface area (TPSA) is 95.9 Å². The number of thioether (sulfide) groups is 1. The number of carbonyl (C=O) groups excluding carboxylic acids is 1. The minimum Gasteiger partial charge on any atom is -0.462 e. The highest BCUT2D eigenvalue weighted by atomic mass is 32.2. The number of carbonyl (C=O) groups is 1. The van der Waals surface area contributed by atoms with Gasteiger partial charge in [-0.1, -0.05) is 11.8 Å². The van der Waals surface area contributed by atoms with E-state index in [9.17, 15) is 4.79 Å². The van der Waals surface area contributed by atoms with Gasteiger partial charge in [0.1, 0.15) is 17.2 Å². The Kier molecular flexibility index (Phi) is 5.15. The van der Waals surface area contributed by atoms with E-state index in [1.807, 2.05) is 17.7 Å². The Morgan fingerprint density at radius 2 is 2.29 bits per heavy atom. The van der Waals surface area contributed by atoms with Crippen LogP contribution in [0.2, 0.25) is 0 Å². The summed E-state index contributed by atoms with van der Waals surface area (Å²) in [7, 11) is 0. The van der Waals surface area contributed by atoms with Crippen LogP contribution < -0.4 is 5.73 Å². The van der Waals surface area contributed by atoms with Crippen molar-refractivity contribution < 1.29 is 9.53 Å². The van der Waals surface area contributed by atoms with Crippen LogP contribution >= 0.6 is 11.8 Å². The fourth-order valence-corrected chi connectivity index (χ4v) is 2.45. The smallest absolute Gasteiger partial charge is 0.343 e. The van der Waals surface area contributed by atoms with Crippen molar-refractivity contribution in [1.82, 2.24) is 19.5 Å². The average molecular weight is 307 g/mol. The molecule has 0 radical (unpaired) electrons. The van der Waals surface area contributed by atoms with E-state index in [0.717, 1.165) is 18.1 Å². The number of nitrogens with two attached hydrogens (primary N) is 1. The van der Waals surface area contributed by atoms with Gasteiger partial charge < -0.3 is 15.0 Å². The monoisotopic (exact) mass is 307 g/mol. The van der Waals surface area contributed by atoms with Gasteiger partial charge in [-0.05, 0) is 13.8 Å². The maximum absolute atomic E-state index is 11.6. The summed E-state index contributed by atoms with van der Waals surface area (Å²) in [5.41, 5.74) is 5.96. The summed E-state index contributed by atoms with van der Waals surface area (Å²) in [5, 5.41) is 0.540. The summed E-state index contributed by atoms with van der Waals surface area (Å²) in [6.07, 6.45) is 5.10. The van der Waals surface area contributed by atoms with Crippen molar-refractivity contribution in [3.8, 4) is 0 Å². The number of aryl methyl sites for hydroxylation is 2. The van der Waals surface area contributed by atoms with Gasteiger partial charge in [0, 0.05) is 30.9 Å². The second-order valence-corrected chi connectivity index (χ2v) is 5.25. The van der Waals surface area contributed by atoms with E-state index in [1.54, 1.807) is 13.1 Å². The SMILES string of the molecule is CCOC(=O)c1cnc(SCCn2ccnc2C)nc1N. The molecule has 2 aromatic rings.